The minimum Gasteiger partial charge on any atom is -0.399 e. The number of aromatic nitrogens is 1. The molecule has 0 unspecified atom stereocenters. The van der Waals surface area contributed by atoms with Gasteiger partial charge in [0.05, 0.1) is 16.5 Å². The molecule has 1 amide bonds. The minimum atomic E-state index is -0.183. The third kappa shape index (κ3) is 4.03. The van der Waals surface area contributed by atoms with Gasteiger partial charge in [-0.25, -0.2) is 4.98 Å². The van der Waals surface area contributed by atoms with Gasteiger partial charge in [-0.1, -0.05) is 23.2 Å². The van der Waals surface area contributed by atoms with Gasteiger partial charge in [-0.15, -0.1) is 11.8 Å². The van der Waals surface area contributed by atoms with Crippen LogP contribution in [0.4, 0.5) is 11.4 Å². The van der Waals surface area contributed by atoms with Gasteiger partial charge in [0.1, 0.15) is 0 Å². The van der Waals surface area contributed by atoms with Crippen LogP contribution in [0.1, 0.15) is 0 Å². The molecule has 0 aliphatic rings. The molecule has 1 heterocycles. The highest BCUT2D eigenvalue weighted by atomic mass is 35.5. The van der Waals surface area contributed by atoms with Crippen LogP contribution in [0.3, 0.4) is 0 Å². The number of hydrogen-bond donors (Lipinski definition) is 2. The second-order valence-corrected chi connectivity index (χ2v) is 5.65. The van der Waals surface area contributed by atoms with Crippen LogP contribution in [0.5, 0.6) is 0 Å². The molecule has 0 atom stereocenters. The number of halogens is 2. The van der Waals surface area contributed by atoms with E-state index in [0.717, 1.165) is 4.90 Å². The van der Waals surface area contributed by atoms with Crippen LogP contribution >= 0.6 is 35.0 Å². The second-order valence-electron chi connectivity index (χ2n) is 3.87. The van der Waals surface area contributed by atoms with Gasteiger partial charge in [0.25, 0.3) is 0 Å². The van der Waals surface area contributed by atoms with Crippen molar-refractivity contribution in [3.63, 3.8) is 0 Å². The highest BCUT2D eigenvalue weighted by Crippen LogP contribution is 2.29. The summed E-state index contributed by atoms with van der Waals surface area (Å²) in [5, 5.41) is 3.48. The van der Waals surface area contributed by atoms with Crippen molar-refractivity contribution in [1.29, 1.82) is 0 Å². The summed E-state index contributed by atoms with van der Waals surface area (Å²) in [5.74, 6) is 0.0345. The number of nitrogen functional groups attached to an aromatic ring is 1. The lowest BCUT2D eigenvalue weighted by Crippen LogP contribution is -2.14. The largest absolute Gasteiger partial charge is 0.399 e. The fraction of sp³-hybridized carbons (Fsp3) is 0.0769. The number of nitrogens with one attached hydrogen (secondary N) is 1. The molecule has 20 heavy (non-hydrogen) atoms. The lowest BCUT2D eigenvalue weighted by atomic mass is 10.3. The molecule has 0 fully saturated rings. The van der Waals surface area contributed by atoms with Gasteiger partial charge in [-0.2, -0.15) is 0 Å². The SMILES string of the molecule is Nc1ccc(SCC(=O)Nc2cccnc2Cl)c(Cl)c1. The van der Waals surface area contributed by atoms with E-state index in [4.69, 9.17) is 28.9 Å². The van der Waals surface area contributed by atoms with Crippen LogP contribution in [0.2, 0.25) is 10.2 Å². The molecule has 0 aliphatic carbocycles. The summed E-state index contributed by atoms with van der Waals surface area (Å²) in [7, 11) is 0. The zero-order valence-electron chi connectivity index (χ0n) is 10.3. The van der Waals surface area contributed by atoms with Gasteiger partial charge in [0, 0.05) is 16.8 Å². The van der Waals surface area contributed by atoms with Crippen molar-refractivity contribution in [3.05, 3.63) is 46.7 Å². The number of hydrogen-bond acceptors (Lipinski definition) is 4. The molecular weight excluding hydrogens is 317 g/mol. The summed E-state index contributed by atoms with van der Waals surface area (Å²) in [6, 6.07) is 8.57. The first-order valence-corrected chi connectivity index (χ1v) is 7.38. The summed E-state index contributed by atoms with van der Waals surface area (Å²) in [4.78, 5) is 16.5. The molecule has 2 aromatic rings. The number of carbonyl (C=O) groups excluding carboxylic acids is 1. The monoisotopic (exact) mass is 327 g/mol. The number of rotatable bonds is 4. The lowest BCUT2D eigenvalue weighted by molar-refractivity contribution is -0.113. The normalized spacial score (nSPS) is 10.3. The van der Waals surface area contributed by atoms with E-state index in [1.54, 1.807) is 36.5 Å². The number of anilines is 2. The van der Waals surface area contributed by atoms with E-state index in [1.807, 2.05) is 0 Å². The van der Waals surface area contributed by atoms with Crippen molar-refractivity contribution >= 4 is 52.2 Å². The Morgan fingerprint density at radius 2 is 2.15 bits per heavy atom. The van der Waals surface area contributed by atoms with Crippen molar-refractivity contribution in [2.24, 2.45) is 0 Å². The van der Waals surface area contributed by atoms with Crippen molar-refractivity contribution < 1.29 is 4.79 Å². The molecule has 1 aromatic carbocycles. The maximum Gasteiger partial charge on any atom is 0.234 e. The molecule has 3 N–H and O–H groups in total. The number of nitrogens with two attached hydrogens (primary N) is 1. The Hall–Kier alpha value is -1.43. The van der Waals surface area contributed by atoms with Crippen LogP contribution in [-0.4, -0.2) is 16.6 Å². The fourth-order valence-corrected chi connectivity index (χ4v) is 2.68. The van der Waals surface area contributed by atoms with E-state index in [2.05, 4.69) is 10.3 Å². The van der Waals surface area contributed by atoms with Crippen molar-refractivity contribution in [1.82, 2.24) is 4.98 Å². The second kappa shape index (κ2) is 6.83. The molecule has 0 aliphatic heterocycles. The van der Waals surface area contributed by atoms with Crippen molar-refractivity contribution in [3.8, 4) is 0 Å². The number of carbonyl (C=O) groups is 1. The molecule has 4 nitrogen and oxygen atoms in total. The first-order chi connectivity index (χ1) is 9.56. The standard InChI is InChI=1S/C13H11Cl2N3OS/c14-9-6-8(16)3-4-11(9)20-7-12(19)18-10-2-1-5-17-13(10)15/h1-6H,7,16H2,(H,18,19). The van der Waals surface area contributed by atoms with E-state index in [0.29, 0.717) is 16.4 Å². The zero-order valence-corrected chi connectivity index (χ0v) is 12.6. The lowest BCUT2D eigenvalue weighted by Gasteiger charge is -2.07. The van der Waals surface area contributed by atoms with Crippen LogP contribution in [0.25, 0.3) is 0 Å². The Balaban J connectivity index is 1.94. The highest BCUT2D eigenvalue weighted by Gasteiger charge is 2.08. The Kier molecular flexibility index (Phi) is 5.11. The molecule has 0 radical (unpaired) electrons. The molecule has 0 bridgehead atoms. The molecule has 0 spiro atoms. The van der Waals surface area contributed by atoms with E-state index in [9.17, 15) is 4.79 Å². The summed E-state index contributed by atoms with van der Waals surface area (Å²) in [6.45, 7) is 0. The Bertz CT molecular complexity index is 637. The van der Waals surface area contributed by atoms with E-state index < -0.39 is 0 Å². The number of benzene rings is 1. The third-order valence-electron chi connectivity index (χ3n) is 2.35. The zero-order chi connectivity index (χ0) is 14.5. The maximum atomic E-state index is 11.8. The van der Waals surface area contributed by atoms with Crippen molar-refractivity contribution in [2.75, 3.05) is 16.8 Å². The van der Waals surface area contributed by atoms with Gasteiger partial charge < -0.3 is 11.1 Å². The number of pyridine rings is 1. The Morgan fingerprint density at radius 3 is 2.85 bits per heavy atom. The maximum absolute atomic E-state index is 11.8. The van der Waals surface area contributed by atoms with Gasteiger partial charge in [0.15, 0.2) is 5.15 Å². The van der Waals surface area contributed by atoms with Crippen LogP contribution in [-0.2, 0) is 4.79 Å². The predicted octanol–water partition coefficient (Wildman–Crippen LogP) is 3.70. The molecule has 2 rings (SSSR count). The van der Waals surface area contributed by atoms with E-state index >= 15 is 0 Å². The first kappa shape index (κ1) is 15.0. The molecule has 7 heteroatoms. The number of amides is 1. The predicted molar refractivity (Wildman–Crippen MR) is 84.5 cm³/mol. The van der Waals surface area contributed by atoms with Crippen LogP contribution in [0, 0.1) is 0 Å². The Labute approximate surface area is 130 Å². The topological polar surface area (TPSA) is 68.0 Å². The van der Waals surface area contributed by atoms with Gasteiger partial charge in [0.2, 0.25) is 5.91 Å². The quantitative estimate of drug-likeness (QED) is 0.510. The fourth-order valence-electron chi connectivity index (χ4n) is 1.44. The average molecular weight is 328 g/mol. The smallest absolute Gasteiger partial charge is 0.234 e. The summed E-state index contributed by atoms with van der Waals surface area (Å²) < 4.78 is 0. The number of nitrogens with zero attached hydrogens (tertiary/aromatic N) is 1. The first-order valence-electron chi connectivity index (χ1n) is 5.64. The van der Waals surface area contributed by atoms with Gasteiger partial charge in [-0.3, -0.25) is 4.79 Å². The third-order valence-corrected chi connectivity index (χ3v) is 4.15. The van der Waals surface area contributed by atoms with E-state index in [1.165, 1.54) is 11.8 Å². The molecular formula is C13H11Cl2N3OS. The highest BCUT2D eigenvalue weighted by molar-refractivity contribution is 8.00. The van der Waals surface area contributed by atoms with Crippen LogP contribution in [0.15, 0.2) is 41.4 Å². The molecule has 104 valence electrons. The van der Waals surface area contributed by atoms with Crippen molar-refractivity contribution in [2.45, 2.75) is 4.90 Å². The molecule has 0 saturated carbocycles. The average Bonchev–Trinajstić information content (AvgIpc) is 2.40. The van der Waals surface area contributed by atoms with Gasteiger partial charge >= 0.3 is 0 Å². The number of thioether (sulfide) groups is 1. The minimum absolute atomic E-state index is 0.183. The Morgan fingerprint density at radius 1 is 1.35 bits per heavy atom. The molecule has 0 saturated heterocycles. The molecule has 1 aromatic heterocycles. The summed E-state index contributed by atoms with van der Waals surface area (Å²) in [5.41, 5.74) is 6.69. The summed E-state index contributed by atoms with van der Waals surface area (Å²) in [6.07, 6.45) is 1.56. The van der Waals surface area contributed by atoms with E-state index in [-0.39, 0.29) is 16.8 Å². The summed E-state index contributed by atoms with van der Waals surface area (Å²) >= 11 is 13.2. The van der Waals surface area contributed by atoms with Gasteiger partial charge in [-0.05, 0) is 30.3 Å². The van der Waals surface area contributed by atoms with Crippen LogP contribution < -0.4 is 11.1 Å².